The molecule has 1 unspecified atom stereocenters. The van der Waals surface area contributed by atoms with Gasteiger partial charge in [0.2, 0.25) is 21.8 Å². The van der Waals surface area contributed by atoms with E-state index in [1.807, 2.05) is 31.2 Å². The Kier molecular flexibility index (Phi) is 6.93. The topological polar surface area (TPSA) is 86.8 Å². The van der Waals surface area contributed by atoms with Gasteiger partial charge in [-0.1, -0.05) is 24.6 Å². The van der Waals surface area contributed by atoms with Gasteiger partial charge in [-0.25, -0.2) is 8.42 Å². The summed E-state index contributed by atoms with van der Waals surface area (Å²) >= 11 is 3.43. The molecule has 1 fully saturated rings. The summed E-state index contributed by atoms with van der Waals surface area (Å²) in [5.41, 5.74) is 3.42. The number of sulfonamides is 1. The highest BCUT2D eigenvalue weighted by atomic mass is 79.9. The molecule has 2 aromatic rings. The maximum absolute atomic E-state index is 13.6. The lowest BCUT2D eigenvalue weighted by Gasteiger charge is -2.31. The van der Waals surface area contributed by atoms with E-state index in [9.17, 15) is 18.0 Å². The SMILES string of the molecule is CCC(=O)N1CCc2cc(Br)c(S(=O)(=O)N3CCCC(C(=O)Nc4ccc(C)cc4)C3)cc21. The number of benzene rings is 2. The molecule has 2 aliphatic rings. The van der Waals surface area contributed by atoms with Crippen LogP contribution >= 0.6 is 15.9 Å². The van der Waals surface area contributed by atoms with E-state index >= 15 is 0 Å². The number of nitrogens with zero attached hydrogens (tertiary/aromatic N) is 2. The molecule has 33 heavy (non-hydrogen) atoms. The second-order valence-electron chi connectivity index (χ2n) is 8.62. The van der Waals surface area contributed by atoms with Gasteiger partial charge in [-0.15, -0.1) is 0 Å². The molecule has 2 heterocycles. The highest BCUT2D eigenvalue weighted by Crippen LogP contribution is 2.37. The predicted octanol–water partition coefficient (Wildman–Crippen LogP) is 4.10. The molecule has 1 N–H and O–H groups in total. The van der Waals surface area contributed by atoms with Crippen molar-refractivity contribution in [3.8, 4) is 0 Å². The molecule has 9 heteroatoms. The van der Waals surface area contributed by atoms with Crippen LogP contribution in [0.25, 0.3) is 0 Å². The van der Waals surface area contributed by atoms with Gasteiger partial charge < -0.3 is 10.2 Å². The number of fused-ring (bicyclic) bond motifs is 1. The highest BCUT2D eigenvalue weighted by molar-refractivity contribution is 9.10. The number of carbonyl (C=O) groups excluding carboxylic acids is 2. The summed E-state index contributed by atoms with van der Waals surface area (Å²) in [5, 5.41) is 2.91. The van der Waals surface area contributed by atoms with Crippen molar-refractivity contribution in [1.82, 2.24) is 4.31 Å². The number of carbonyl (C=O) groups is 2. The van der Waals surface area contributed by atoms with Gasteiger partial charge in [-0.2, -0.15) is 4.31 Å². The van der Waals surface area contributed by atoms with Crippen molar-refractivity contribution < 1.29 is 18.0 Å². The fourth-order valence-corrected chi connectivity index (χ4v) is 7.02. The lowest BCUT2D eigenvalue weighted by molar-refractivity contribution is -0.121. The Morgan fingerprint density at radius 3 is 2.58 bits per heavy atom. The van der Waals surface area contributed by atoms with Crippen LogP contribution in [0.3, 0.4) is 0 Å². The van der Waals surface area contributed by atoms with Gasteiger partial charge in [0.15, 0.2) is 0 Å². The molecule has 176 valence electrons. The summed E-state index contributed by atoms with van der Waals surface area (Å²) in [6.45, 7) is 4.82. The lowest BCUT2D eigenvalue weighted by Crippen LogP contribution is -2.43. The van der Waals surface area contributed by atoms with Crippen LogP contribution in [-0.2, 0) is 26.0 Å². The fourth-order valence-electron chi connectivity index (χ4n) is 4.43. The number of hydrogen-bond acceptors (Lipinski definition) is 4. The number of anilines is 2. The lowest BCUT2D eigenvalue weighted by atomic mass is 9.98. The smallest absolute Gasteiger partial charge is 0.244 e. The van der Waals surface area contributed by atoms with E-state index in [1.54, 1.807) is 24.0 Å². The Hall–Kier alpha value is -2.23. The first kappa shape index (κ1) is 23.9. The van der Waals surface area contributed by atoms with Crippen molar-refractivity contribution in [2.75, 3.05) is 29.9 Å². The summed E-state index contributed by atoms with van der Waals surface area (Å²) in [6, 6.07) is 10.9. The van der Waals surface area contributed by atoms with Gasteiger partial charge in [-0.05, 0) is 71.9 Å². The van der Waals surface area contributed by atoms with Gasteiger partial charge in [0, 0.05) is 41.9 Å². The molecule has 0 spiro atoms. The van der Waals surface area contributed by atoms with Gasteiger partial charge >= 0.3 is 0 Å². The zero-order chi connectivity index (χ0) is 23.8. The molecule has 0 bridgehead atoms. The summed E-state index contributed by atoms with van der Waals surface area (Å²) in [6.07, 6.45) is 2.30. The average Bonchev–Trinajstić information content (AvgIpc) is 3.22. The minimum Gasteiger partial charge on any atom is -0.326 e. The van der Waals surface area contributed by atoms with Crippen molar-refractivity contribution in [2.45, 2.75) is 44.4 Å². The van der Waals surface area contributed by atoms with Gasteiger partial charge in [0.05, 0.1) is 10.8 Å². The first-order valence-electron chi connectivity index (χ1n) is 11.2. The maximum Gasteiger partial charge on any atom is 0.244 e. The van der Waals surface area contributed by atoms with E-state index in [1.165, 1.54) is 4.31 Å². The molecule has 7 nitrogen and oxygen atoms in total. The summed E-state index contributed by atoms with van der Waals surface area (Å²) in [5.74, 6) is -0.627. The molecule has 1 saturated heterocycles. The number of piperidine rings is 1. The Labute approximate surface area is 203 Å². The monoisotopic (exact) mass is 533 g/mol. The first-order chi connectivity index (χ1) is 15.7. The third-order valence-corrected chi connectivity index (χ3v) is 9.15. The largest absolute Gasteiger partial charge is 0.326 e. The molecule has 2 amide bonds. The Morgan fingerprint density at radius 2 is 1.88 bits per heavy atom. The molecule has 0 saturated carbocycles. The van der Waals surface area contributed by atoms with Crippen LogP contribution in [0.1, 0.15) is 37.3 Å². The third-order valence-electron chi connectivity index (χ3n) is 6.32. The van der Waals surface area contributed by atoms with Crippen molar-refractivity contribution in [2.24, 2.45) is 5.92 Å². The van der Waals surface area contributed by atoms with Crippen LogP contribution < -0.4 is 10.2 Å². The van der Waals surface area contributed by atoms with Crippen molar-refractivity contribution in [1.29, 1.82) is 0 Å². The van der Waals surface area contributed by atoms with Crippen LogP contribution in [0.15, 0.2) is 45.8 Å². The van der Waals surface area contributed by atoms with Crippen molar-refractivity contribution in [3.05, 3.63) is 52.0 Å². The molecule has 4 rings (SSSR count). The van der Waals surface area contributed by atoms with Crippen LogP contribution in [0.2, 0.25) is 0 Å². The first-order valence-corrected chi connectivity index (χ1v) is 13.4. The minimum absolute atomic E-state index is 0.0229. The van der Waals surface area contributed by atoms with Gasteiger partial charge in [0.1, 0.15) is 0 Å². The van der Waals surface area contributed by atoms with Gasteiger partial charge in [-0.3, -0.25) is 9.59 Å². The minimum atomic E-state index is -3.85. The molecule has 0 aliphatic carbocycles. The molecular weight excluding hydrogens is 506 g/mol. The van der Waals surface area contributed by atoms with E-state index in [0.717, 1.165) is 11.1 Å². The number of halogens is 1. The van der Waals surface area contributed by atoms with Crippen molar-refractivity contribution >= 4 is 49.1 Å². The van der Waals surface area contributed by atoms with Crippen LogP contribution in [0.5, 0.6) is 0 Å². The molecule has 1 atom stereocenters. The normalized spacial score (nSPS) is 18.8. The van der Waals surface area contributed by atoms with Crippen LogP contribution in [0, 0.1) is 12.8 Å². The summed E-state index contributed by atoms with van der Waals surface area (Å²) < 4.78 is 29.0. The van der Waals surface area contributed by atoms with Gasteiger partial charge in [0.25, 0.3) is 0 Å². The van der Waals surface area contributed by atoms with E-state index < -0.39 is 15.9 Å². The molecule has 2 aromatic carbocycles. The molecule has 0 radical (unpaired) electrons. The Morgan fingerprint density at radius 1 is 1.15 bits per heavy atom. The Bertz CT molecular complexity index is 1180. The Balaban J connectivity index is 1.55. The number of rotatable bonds is 5. The number of amides is 2. The second-order valence-corrected chi connectivity index (χ2v) is 11.4. The predicted molar refractivity (Wildman–Crippen MR) is 132 cm³/mol. The second kappa shape index (κ2) is 9.56. The number of aryl methyl sites for hydroxylation is 1. The highest BCUT2D eigenvalue weighted by Gasteiger charge is 2.36. The molecular formula is C24H28BrN3O4S. The van der Waals surface area contributed by atoms with E-state index in [-0.39, 0.29) is 23.3 Å². The summed E-state index contributed by atoms with van der Waals surface area (Å²) in [7, 11) is -3.85. The summed E-state index contributed by atoms with van der Waals surface area (Å²) in [4.78, 5) is 27.0. The number of hydrogen-bond donors (Lipinski definition) is 1. The van der Waals surface area contributed by atoms with E-state index in [4.69, 9.17) is 0 Å². The third kappa shape index (κ3) is 4.85. The van der Waals surface area contributed by atoms with E-state index in [0.29, 0.717) is 54.6 Å². The zero-order valence-electron chi connectivity index (χ0n) is 18.8. The van der Waals surface area contributed by atoms with Crippen LogP contribution in [0.4, 0.5) is 11.4 Å². The fraction of sp³-hybridized carbons (Fsp3) is 0.417. The van der Waals surface area contributed by atoms with E-state index in [2.05, 4.69) is 21.2 Å². The zero-order valence-corrected chi connectivity index (χ0v) is 21.2. The standard InChI is InChI=1S/C24H28BrN3O4S/c1-3-23(29)28-12-10-17-13-20(25)22(14-21(17)28)33(31,32)27-11-4-5-18(15-27)24(30)26-19-8-6-16(2)7-9-19/h6-9,13-14,18H,3-5,10-12,15H2,1-2H3,(H,26,30). The van der Waals surface area contributed by atoms with Crippen LogP contribution in [-0.4, -0.2) is 44.2 Å². The molecule has 0 aromatic heterocycles. The maximum atomic E-state index is 13.6. The number of nitrogens with one attached hydrogen (secondary N) is 1. The quantitative estimate of drug-likeness (QED) is 0.626. The molecule has 2 aliphatic heterocycles. The average molecular weight is 534 g/mol. The van der Waals surface area contributed by atoms with Crippen molar-refractivity contribution in [3.63, 3.8) is 0 Å².